The summed E-state index contributed by atoms with van der Waals surface area (Å²) >= 11 is 0. The fourth-order valence-corrected chi connectivity index (χ4v) is 3.22. The molecule has 3 rings (SSSR count). The molecule has 0 saturated carbocycles. The van der Waals surface area contributed by atoms with Crippen LogP contribution in [0.2, 0.25) is 0 Å². The van der Waals surface area contributed by atoms with Gasteiger partial charge in [0.05, 0.1) is 0 Å². The number of rotatable bonds is 7. The molecule has 0 spiro atoms. The van der Waals surface area contributed by atoms with Crippen LogP contribution in [0.4, 0.5) is 4.39 Å². The molecule has 6 nitrogen and oxygen atoms in total. The maximum absolute atomic E-state index is 13.5. The summed E-state index contributed by atoms with van der Waals surface area (Å²) in [7, 11) is 1.62. The Balaban J connectivity index is 1.64. The SMILES string of the molecule is CCNC(=NCc1oc2ccc(F)cc2c1C)NCCc1cccc(C(=O)NC)c1. The molecule has 3 aromatic rings. The average Bonchev–Trinajstić information content (AvgIpc) is 3.06. The van der Waals surface area contributed by atoms with Crippen LogP contribution in [-0.4, -0.2) is 32.0 Å². The third kappa shape index (κ3) is 5.17. The molecule has 0 fully saturated rings. The number of nitrogens with one attached hydrogen (secondary N) is 3. The second-order valence-electron chi connectivity index (χ2n) is 6.94. The van der Waals surface area contributed by atoms with Crippen LogP contribution in [0.3, 0.4) is 0 Å². The van der Waals surface area contributed by atoms with Crippen molar-refractivity contribution in [2.24, 2.45) is 4.99 Å². The number of amides is 1. The number of fused-ring (bicyclic) bond motifs is 1. The van der Waals surface area contributed by atoms with Gasteiger partial charge in [0, 0.05) is 36.7 Å². The monoisotopic (exact) mass is 410 g/mol. The Labute approximate surface area is 175 Å². The second-order valence-corrected chi connectivity index (χ2v) is 6.94. The van der Waals surface area contributed by atoms with E-state index < -0.39 is 0 Å². The molecule has 1 aromatic heterocycles. The number of carbonyl (C=O) groups is 1. The minimum atomic E-state index is -0.281. The number of aryl methyl sites for hydroxylation is 1. The summed E-state index contributed by atoms with van der Waals surface area (Å²) in [5.74, 6) is 1.01. The maximum Gasteiger partial charge on any atom is 0.251 e. The number of guanidine groups is 1. The zero-order valence-corrected chi connectivity index (χ0v) is 17.5. The van der Waals surface area contributed by atoms with Crippen LogP contribution in [0.5, 0.6) is 0 Å². The first-order chi connectivity index (χ1) is 14.5. The maximum atomic E-state index is 13.5. The summed E-state index contributed by atoms with van der Waals surface area (Å²) < 4.78 is 19.3. The lowest BCUT2D eigenvalue weighted by atomic mass is 10.1. The van der Waals surface area contributed by atoms with Gasteiger partial charge in [-0.15, -0.1) is 0 Å². The molecule has 2 aromatic carbocycles. The van der Waals surface area contributed by atoms with Gasteiger partial charge < -0.3 is 20.4 Å². The molecule has 0 radical (unpaired) electrons. The molecule has 0 aliphatic heterocycles. The number of hydrogen-bond donors (Lipinski definition) is 3. The number of aliphatic imine (C=N–C) groups is 1. The van der Waals surface area contributed by atoms with E-state index >= 15 is 0 Å². The lowest BCUT2D eigenvalue weighted by Gasteiger charge is -2.11. The zero-order valence-electron chi connectivity index (χ0n) is 17.5. The van der Waals surface area contributed by atoms with E-state index in [1.165, 1.54) is 12.1 Å². The lowest BCUT2D eigenvalue weighted by molar-refractivity contribution is 0.0963. The Morgan fingerprint density at radius 1 is 1.17 bits per heavy atom. The highest BCUT2D eigenvalue weighted by molar-refractivity contribution is 5.94. The number of hydrogen-bond acceptors (Lipinski definition) is 3. The van der Waals surface area contributed by atoms with Crippen LogP contribution in [0.15, 0.2) is 51.9 Å². The van der Waals surface area contributed by atoms with E-state index in [0.717, 1.165) is 29.5 Å². The van der Waals surface area contributed by atoms with E-state index in [-0.39, 0.29) is 11.7 Å². The fourth-order valence-electron chi connectivity index (χ4n) is 3.22. The van der Waals surface area contributed by atoms with Crippen LogP contribution in [0.25, 0.3) is 11.0 Å². The first kappa shape index (κ1) is 21.4. The second kappa shape index (κ2) is 9.91. The minimum absolute atomic E-state index is 0.0965. The van der Waals surface area contributed by atoms with Crippen molar-refractivity contribution in [2.45, 2.75) is 26.8 Å². The average molecular weight is 410 g/mol. The first-order valence-electron chi connectivity index (χ1n) is 10.0. The molecular weight excluding hydrogens is 383 g/mol. The van der Waals surface area contributed by atoms with Crippen molar-refractivity contribution < 1.29 is 13.6 Å². The van der Waals surface area contributed by atoms with Gasteiger partial charge in [-0.05, 0) is 56.2 Å². The van der Waals surface area contributed by atoms with Crippen molar-refractivity contribution in [2.75, 3.05) is 20.1 Å². The predicted molar refractivity (Wildman–Crippen MR) is 117 cm³/mol. The summed E-state index contributed by atoms with van der Waals surface area (Å²) in [4.78, 5) is 16.4. The highest BCUT2D eigenvalue weighted by atomic mass is 19.1. The quantitative estimate of drug-likeness (QED) is 0.411. The zero-order chi connectivity index (χ0) is 21.5. The Morgan fingerprint density at radius 2 is 2.00 bits per heavy atom. The summed E-state index contributed by atoms with van der Waals surface area (Å²) in [5, 5.41) is 9.92. The van der Waals surface area contributed by atoms with Crippen LogP contribution in [0.1, 0.15) is 34.2 Å². The lowest BCUT2D eigenvalue weighted by Crippen LogP contribution is -2.38. The van der Waals surface area contributed by atoms with Gasteiger partial charge in [-0.25, -0.2) is 9.38 Å². The Bertz CT molecular complexity index is 1060. The van der Waals surface area contributed by atoms with Crippen molar-refractivity contribution in [1.29, 1.82) is 0 Å². The molecule has 0 saturated heterocycles. The molecule has 0 bridgehead atoms. The number of halogens is 1. The van der Waals surface area contributed by atoms with E-state index in [9.17, 15) is 9.18 Å². The largest absolute Gasteiger partial charge is 0.459 e. The highest BCUT2D eigenvalue weighted by Crippen LogP contribution is 2.26. The fraction of sp³-hybridized carbons (Fsp3) is 0.304. The van der Waals surface area contributed by atoms with Crippen molar-refractivity contribution in [3.05, 3.63) is 70.7 Å². The number of nitrogens with zero attached hydrogens (tertiary/aromatic N) is 1. The number of benzene rings is 2. The van der Waals surface area contributed by atoms with Gasteiger partial charge in [0.25, 0.3) is 5.91 Å². The molecule has 158 valence electrons. The van der Waals surface area contributed by atoms with Gasteiger partial charge in [0.1, 0.15) is 23.7 Å². The van der Waals surface area contributed by atoms with Gasteiger partial charge >= 0.3 is 0 Å². The first-order valence-corrected chi connectivity index (χ1v) is 10.0. The van der Waals surface area contributed by atoms with E-state index in [1.807, 2.05) is 32.0 Å². The third-order valence-electron chi connectivity index (χ3n) is 4.84. The molecule has 0 aliphatic rings. The van der Waals surface area contributed by atoms with Crippen molar-refractivity contribution >= 4 is 22.8 Å². The summed E-state index contributed by atoms with van der Waals surface area (Å²) in [5.41, 5.74) is 3.27. The van der Waals surface area contributed by atoms with Gasteiger partial charge in [0.15, 0.2) is 5.96 Å². The van der Waals surface area contributed by atoms with Gasteiger partial charge in [-0.1, -0.05) is 12.1 Å². The smallest absolute Gasteiger partial charge is 0.251 e. The summed E-state index contributed by atoms with van der Waals surface area (Å²) in [6.45, 7) is 5.65. The van der Waals surface area contributed by atoms with E-state index in [1.54, 1.807) is 19.2 Å². The predicted octanol–water partition coefficient (Wildman–Crippen LogP) is 3.54. The van der Waals surface area contributed by atoms with Crippen LogP contribution in [-0.2, 0) is 13.0 Å². The Morgan fingerprint density at radius 3 is 2.77 bits per heavy atom. The highest BCUT2D eigenvalue weighted by Gasteiger charge is 2.11. The third-order valence-corrected chi connectivity index (χ3v) is 4.84. The van der Waals surface area contributed by atoms with E-state index in [2.05, 4.69) is 20.9 Å². The molecule has 0 atom stereocenters. The topological polar surface area (TPSA) is 78.7 Å². The molecule has 3 N–H and O–H groups in total. The normalized spacial score (nSPS) is 11.5. The van der Waals surface area contributed by atoms with Gasteiger partial charge in [-0.3, -0.25) is 4.79 Å². The Kier molecular flexibility index (Phi) is 7.06. The van der Waals surface area contributed by atoms with Gasteiger partial charge in [0.2, 0.25) is 0 Å². The van der Waals surface area contributed by atoms with E-state index in [4.69, 9.17) is 4.42 Å². The number of furan rings is 1. The van der Waals surface area contributed by atoms with Crippen LogP contribution >= 0.6 is 0 Å². The molecule has 0 aliphatic carbocycles. The van der Waals surface area contributed by atoms with Crippen LogP contribution in [0, 0.1) is 12.7 Å². The molecule has 7 heteroatoms. The molecule has 1 heterocycles. The van der Waals surface area contributed by atoms with E-state index in [0.29, 0.717) is 36.0 Å². The van der Waals surface area contributed by atoms with Crippen molar-refractivity contribution in [3.8, 4) is 0 Å². The number of carbonyl (C=O) groups excluding carboxylic acids is 1. The van der Waals surface area contributed by atoms with Crippen molar-refractivity contribution in [1.82, 2.24) is 16.0 Å². The molecule has 0 unspecified atom stereocenters. The molecule has 1 amide bonds. The van der Waals surface area contributed by atoms with Crippen LogP contribution < -0.4 is 16.0 Å². The van der Waals surface area contributed by atoms with Crippen molar-refractivity contribution in [3.63, 3.8) is 0 Å². The Hall–Kier alpha value is -3.35. The standard InChI is InChI=1S/C23H27FN4O2/c1-4-26-23(27-11-10-16-6-5-7-17(12-16)22(29)25-3)28-14-21-15(2)19-13-18(24)8-9-20(19)30-21/h5-9,12-13H,4,10-11,14H2,1-3H3,(H,25,29)(H2,26,27,28). The minimum Gasteiger partial charge on any atom is -0.459 e. The molecule has 30 heavy (non-hydrogen) atoms. The molecular formula is C23H27FN4O2. The summed E-state index contributed by atoms with van der Waals surface area (Å²) in [6.07, 6.45) is 0.748. The summed E-state index contributed by atoms with van der Waals surface area (Å²) in [6, 6.07) is 12.1. The van der Waals surface area contributed by atoms with Gasteiger partial charge in [-0.2, -0.15) is 0 Å².